The summed E-state index contributed by atoms with van der Waals surface area (Å²) in [5.41, 5.74) is -1.18. The number of amides is 2. The van der Waals surface area contributed by atoms with Crippen LogP contribution in [-0.2, 0) is 23.9 Å². The lowest BCUT2D eigenvalue weighted by Crippen LogP contribution is -2.60. The molecule has 3 rings (SSSR count). The van der Waals surface area contributed by atoms with Crippen LogP contribution in [0.25, 0.3) is 0 Å². The lowest BCUT2D eigenvalue weighted by Gasteiger charge is -2.40. The number of aliphatic hydroxyl groups is 1. The van der Waals surface area contributed by atoms with Gasteiger partial charge in [0.2, 0.25) is 11.8 Å². The fraction of sp³-hybridized carbons (Fsp3) is 0.720. The van der Waals surface area contributed by atoms with Crippen molar-refractivity contribution in [3.05, 3.63) is 25.3 Å². The zero-order valence-electron chi connectivity index (χ0n) is 20.5. The van der Waals surface area contributed by atoms with Crippen molar-refractivity contribution in [1.29, 1.82) is 0 Å². The average molecular weight is 541 g/mol. The quantitative estimate of drug-likeness (QED) is 0.245. The van der Waals surface area contributed by atoms with Crippen LogP contribution in [0.3, 0.4) is 0 Å². The first-order valence-electron chi connectivity index (χ1n) is 12.0. The Labute approximate surface area is 210 Å². The topological polar surface area (TPSA) is 96.4 Å². The molecule has 0 aromatic heterocycles. The van der Waals surface area contributed by atoms with Crippen molar-refractivity contribution in [2.75, 3.05) is 19.8 Å². The van der Waals surface area contributed by atoms with Gasteiger partial charge in [0.1, 0.15) is 18.2 Å². The summed E-state index contributed by atoms with van der Waals surface area (Å²) in [6.07, 6.45) is 3.48. The number of halogens is 1. The van der Waals surface area contributed by atoms with E-state index in [1.165, 1.54) is 11.0 Å². The van der Waals surface area contributed by atoms with Crippen molar-refractivity contribution >= 4 is 33.7 Å². The summed E-state index contributed by atoms with van der Waals surface area (Å²) in [7, 11) is 0. The van der Waals surface area contributed by atoms with E-state index in [-0.39, 0.29) is 41.8 Å². The van der Waals surface area contributed by atoms with Gasteiger partial charge in [-0.1, -0.05) is 48.5 Å². The summed E-state index contributed by atoms with van der Waals surface area (Å²) in [4.78, 5) is 44.2. The van der Waals surface area contributed by atoms with Gasteiger partial charge in [-0.2, -0.15) is 0 Å². The predicted octanol–water partition coefficient (Wildman–Crippen LogP) is 2.29. The maximum absolute atomic E-state index is 14.1. The fourth-order valence-electron chi connectivity index (χ4n) is 5.92. The smallest absolute Gasteiger partial charge is 0.312 e. The molecule has 3 aliphatic heterocycles. The number of ether oxygens (including phenoxy) is 2. The van der Waals surface area contributed by atoms with Crippen molar-refractivity contribution in [3.63, 3.8) is 0 Å². The number of nitrogens with zero attached hydrogens (tertiary/aromatic N) is 2. The van der Waals surface area contributed by atoms with E-state index in [0.29, 0.717) is 19.4 Å². The number of esters is 1. The lowest BCUT2D eigenvalue weighted by atomic mass is 9.70. The molecule has 2 amide bonds. The van der Waals surface area contributed by atoms with Crippen LogP contribution < -0.4 is 0 Å². The average Bonchev–Trinajstić information content (AvgIpc) is 3.36. The fourth-order valence-corrected chi connectivity index (χ4v) is 6.86. The molecule has 8 nitrogen and oxygen atoms in total. The largest absolute Gasteiger partial charge is 0.461 e. The second-order valence-corrected chi connectivity index (χ2v) is 11.3. The predicted molar refractivity (Wildman–Crippen MR) is 131 cm³/mol. The lowest BCUT2D eigenvalue weighted by molar-refractivity contribution is -0.156. The van der Waals surface area contributed by atoms with Gasteiger partial charge in [-0.15, -0.1) is 6.58 Å². The van der Waals surface area contributed by atoms with E-state index in [4.69, 9.17) is 9.47 Å². The van der Waals surface area contributed by atoms with Crippen molar-refractivity contribution in [2.45, 2.75) is 75.2 Å². The van der Waals surface area contributed by atoms with E-state index < -0.39 is 41.6 Å². The molecule has 1 N–H and O–H groups in total. The molecule has 9 heteroatoms. The second-order valence-electron chi connectivity index (χ2n) is 10.2. The molecular weight excluding hydrogens is 504 g/mol. The minimum Gasteiger partial charge on any atom is -0.461 e. The number of carbonyl (C=O) groups is 3. The molecule has 0 aromatic carbocycles. The van der Waals surface area contributed by atoms with E-state index in [1.54, 1.807) is 11.0 Å². The Bertz CT molecular complexity index is 832. The third kappa shape index (κ3) is 4.35. The Hall–Kier alpha value is -1.71. The number of fused-ring (bicyclic) bond motifs is 1. The number of alkyl halides is 1. The second kappa shape index (κ2) is 10.5. The molecule has 3 fully saturated rings. The number of carbonyl (C=O) groups excluding carboxylic acids is 3. The van der Waals surface area contributed by atoms with Crippen LogP contribution in [0, 0.1) is 17.8 Å². The summed E-state index contributed by atoms with van der Waals surface area (Å²) in [5, 5.41) is 10.3. The maximum Gasteiger partial charge on any atom is 0.312 e. The van der Waals surface area contributed by atoms with Crippen LogP contribution in [0.4, 0.5) is 0 Å². The monoisotopic (exact) mass is 540 g/mol. The number of aliphatic hydroxyl groups excluding tert-OH is 1. The molecule has 0 aliphatic carbocycles. The molecule has 190 valence electrons. The van der Waals surface area contributed by atoms with Crippen molar-refractivity contribution < 1.29 is 29.0 Å². The number of hydrogen-bond donors (Lipinski definition) is 1. The Morgan fingerprint density at radius 2 is 2.00 bits per heavy atom. The minimum absolute atomic E-state index is 0.0298. The van der Waals surface area contributed by atoms with Gasteiger partial charge in [0.25, 0.3) is 0 Å². The first-order chi connectivity index (χ1) is 16.0. The number of likely N-dealkylation sites (tertiary alicyclic amines) is 1. The summed E-state index contributed by atoms with van der Waals surface area (Å²) >= 11 is 3.64. The Balaban J connectivity index is 2.12. The van der Waals surface area contributed by atoms with Crippen LogP contribution in [-0.4, -0.2) is 87.1 Å². The first-order valence-corrected chi connectivity index (χ1v) is 12.9. The summed E-state index contributed by atoms with van der Waals surface area (Å²) in [6, 6.07) is -1.66. The molecular formula is C25H37BrN2O6. The molecule has 3 saturated heterocycles. The molecule has 3 unspecified atom stereocenters. The SMILES string of the molecule is C=CCOC(=O)[C@H]1[C@@H]2OC3(CC2Br)C(C(=O)N(CC=C)C(C)C)N([C@@H](CO)CC(C)C)C(=O)[C@H]13. The van der Waals surface area contributed by atoms with Crippen molar-refractivity contribution in [1.82, 2.24) is 9.80 Å². The minimum atomic E-state index is -1.18. The van der Waals surface area contributed by atoms with E-state index in [9.17, 15) is 19.5 Å². The standard InChI is InChI=1S/C25H37BrN2O6/c1-7-9-27(15(5)6)23(31)21-25-12-17(26)20(34-25)18(24(32)33-10-8-2)19(25)22(30)28(21)16(13-29)11-14(3)4/h7-8,14-21,29H,1-2,9-13H2,3-6H3/t16-,17?,18-,19+,20-,21?,25?/m1/s1. The Morgan fingerprint density at radius 1 is 1.32 bits per heavy atom. The molecule has 0 radical (unpaired) electrons. The van der Waals surface area contributed by atoms with Gasteiger partial charge in [-0.05, 0) is 32.6 Å². The van der Waals surface area contributed by atoms with Crippen molar-refractivity contribution in [3.8, 4) is 0 Å². The van der Waals surface area contributed by atoms with Gasteiger partial charge in [-0.25, -0.2) is 0 Å². The van der Waals surface area contributed by atoms with Gasteiger partial charge >= 0.3 is 5.97 Å². The summed E-state index contributed by atoms with van der Waals surface area (Å²) in [6.45, 7) is 15.2. The molecule has 3 aliphatic rings. The third-order valence-electron chi connectivity index (χ3n) is 7.16. The van der Waals surface area contributed by atoms with Crippen LogP contribution in [0.5, 0.6) is 0 Å². The highest BCUT2D eigenvalue weighted by Crippen LogP contribution is 2.60. The highest BCUT2D eigenvalue weighted by atomic mass is 79.9. The van der Waals surface area contributed by atoms with Crippen LogP contribution in [0.1, 0.15) is 40.5 Å². The van der Waals surface area contributed by atoms with E-state index in [2.05, 4.69) is 29.1 Å². The highest BCUT2D eigenvalue weighted by Gasteiger charge is 2.77. The van der Waals surface area contributed by atoms with Crippen LogP contribution in [0.2, 0.25) is 0 Å². The third-order valence-corrected chi connectivity index (χ3v) is 8.00. The number of rotatable bonds is 11. The summed E-state index contributed by atoms with van der Waals surface area (Å²) in [5.74, 6) is -2.62. The molecule has 3 heterocycles. The van der Waals surface area contributed by atoms with Gasteiger partial charge in [-0.3, -0.25) is 14.4 Å². The molecule has 1 spiro atoms. The van der Waals surface area contributed by atoms with Gasteiger partial charge in [0.15, 0.2) is 0 Å². The van der Waals surface area contributed by atoms with Gasteiger partial charge in [0.05, 0.1) is 30.6 Å². The molecule has 0 saturated carbocycles. The maximum atomic E-state index is 14.1. The normalized spacial score (nSPS) is 32.8. The Morgan fingerprint density at radius 3 is 2.53 bits per heavy atom. The zero-order valence-corrected chi connectivity index (χ0v) is 22.1. The summed E-state index contributed by atoms with van der Waals surface area (Å²) < 4.78 is 11.8. The van der Waals surface area contributed by atoms with Gasteiger partial charge < -0.3 is 24.4 Å². The van der Waals surface area contributed by atoms with E-state index in [1.807, 2.05) is 27.7 Å². The van der Waals surface area contributed by atoms with Crippen LogP contribution in [0.15, 0.2) is 25.3 Å². The highest BCUT2D eigenvalue weighted by molar-refractivity contribution is 9.09. The molecule has 34 heavy (non-hydrogen) atoms. The number of hydrogen-bond acceptors (Lipinski definition) is 6. The van der Waals surface area contributed by atoms with Crippen molar-refractivity contribution in [2.24, 2.45) is 17.8 Å². The zero-order chi connectivity index (χ0) is 25.4. The van der Waals surface area contributed by atoms with Gasteiger partial charge in [0, 0.05) is 17.4 Å². The molecule has 0 aromatic rings. The van der Waals surface area contributed by atoms with E-state index >= 15 is 0 Å². The van der Waals surface area contributed by atoms with E-state index in [0.717, 1.165) is 0 Å². The Kier molecular flexibility index (Phi) is 8.30. The molecule has 2 bridgehead atoms. The van der Waals surface area contributed by atoms with Crippen LogP contribution >= 0.6 is 15.9 Å². The first kappa shape index (κ1) is 26.9. The molecule has 7 atom stereocenters.